The second kappa shape index (κ2) is 5.57. The quantitative estimate of drug-likeness (QED) is 0.789. The number of rotatable bonds is 2. The van der Waals surface area contributed by atoms with Crippen LogP contribution in [0.2, 0.25) is 0 Å². The van der Waals surface area contributed by atoms with E-state index in [0.717, 1.165) is 51.6 Å². The third-order valence-corrected chi connectivity index (χ3v) is 4.83. The van der Waals surface area contributed by atoms with Crippen molar-refractivity contribution >= 4 is 5.91 Å². The van der Waals surface area contributed by atoms with E-state index in [1.165, 1.54) is 25.7 Å². The highest BCUT2D eigenvalue weighted by atomic mass is 16.2. The van der Waals surface area contributed by atoms with Crippen molar-refractivity contribution in [2.24, 2.45) is 0 Å². The fourth-order valence-corrected chi connectivity index (χ4v) is 3.69. The molecule has 3 rings (SSSR count). The summed E-state index contributed by atoms with van der Waals surface area (Å²) in [7, 11) is 0. The molecule has 2 aliphatic heterocycles. The van der Waals surface area contributed by atoms with Crippen LogP contribution in [0.3, 0.4) is 0 Å². The summed E-state index contributed by atoms with van der Waals surface area (Å²) in [5.41, 5.74) is 0. The van der Waals surface area contributed by atoms with Crippen molar-refractivity contribution in [1.29, 1.82) is 0 Å². The molecule has 0 bridgehead atoms. The van der Waals surface area contributed by atoms with Crippen LogP contribution in [0.1, 0.15) is 38.5 Å². The molecular formula is C14H25N3O. The van der Waals surface area contributed by atoms with E-state index in [4.69, 9.17) is 0 Å². The molecule has 4 heteroatoms. The Bertz CT molecular complexity index is 287. The van der Waals surface area contributed by atoms with Crippen molar-refractivity contribution in [2.45, 2.75) is 50.6 Å². The first-order valence-corrected chi connectivity index (χ1v) is 7.61. The van der Waals surface area contributed by atoms with Gasteiger partial charge in [-0.25, -0.2) is 0 Å². The third kappa shape index (κ3) is 2.54. The van der Waals surface area contributed by atoms with Gasteiger partial charge < -0.3 is 10.2 Å². The van der Waals surface area contributed by atoms with Crippen LogP contribution in [-0.4, -0.2) is 60.5 Å². The molecule has 4 nitrogen and oxygen atoms in total. The average molecular weight is 251 g/mol. The number of nitrogens with one attached hydrogen (secondary N) is 1. The van der Waals surface area contributed by atoms with Crippen molar-refractivity contribution in [3.05, 3.63) is 0 Å². The Morgan fingerprint density at radius 2 is 1.67 bits per heavy atom. The lowest BCUT2D eigenvalue weighted by Crippen LogP contribution is -2.54. The SMILES string of the molecule is O=C([C@@H]1CCCN1)N1CCN(C2CCCC2)CC1. The van der Waals surface area contributed by atoms with E-state index in [-0.39, 0.29) is 6.04 Å². The highest BCUT2D eigenvalue weighted by molar-refractivity contribution is 5.82. The first-order valence-electron chi connectivity index (χ1n) is 7.61. The first-order chi connectivity index (χ1) is 8.84. The molecule has 2 saturated heterocycles. The standard InChI is InChI=1S/C14H25N3O/c18-14(13-6-3-7-15-13)17-10-8-16(9-11-17)12-4-1-2-5-12/h12-13,15H,1-11H2/t13-/m0/s1. The van der Waals surface area contributed by atoms with Crippen LogP contribution in [0.5, 0.6) is 0 Å². The fraction of sp³-hybridized carbons (Fsp3) is 0.929. The van der Waals surface area contributed by atoms with E-state index in [1.54, 1.807) is 0 Å². The topological polar surface area (TPSA) is 35.6 Å². The lowest BCUT2D eigenvalue weighted by molar-refractivity contribution is -0.135. The van der Waals surface area contributed by atoms with E-state index in [2.05, 4.69) is 15.1 Å². The van der Waals surface area contributed by atoms with Crippen LogP contribution in [-0.2, 0) is 4.79 Å². The maximum Gasteiger partial charge on any atom is 0.239 e. The molecule has 1 saturated carbocycles. The van der Waals surface area contributed by atoms with Gasteiger partial charge in [-0.05, 0) is 32.2 Å². The molecule has 0 unspecified atom stereocenters. The largest absolute Gasteiger partial charge is 0.339 e. The number of hydrogen-bond donors (Lipinski definition) is 1. The minimum atomic E-state index is 0.114. The van der Waals surface area contributed by atoms with Gasteiger partial charge in [-0.1, -0.05) is 12.8 Å². The first kappa shape index (κ1) is 12.4. The highest BCUT2D eigenvalue weighted by Crippen LogP contribution is 2.24. The number of carbonyl (C=O) groups excluding carboxylic acids is 1. The molecule has 0 radical (unpaired) electrons. The van der Waals surface area contributed by atoms with Crippen molar-refractivity contribution in [1.82, 2.24) is 15.1 Å². The van der Waals surface area contributed by atoms with Gasteiger partial charge in [0.25, 0.3) is 0 Å². The summed E-state index contributed by atoms with van der Waals surface area (Å²) >= 11 is 0. The van der Waals surface area contributed by atoms with Gasteiger partial charge in [-0.3, -0.25) is 9.69 Å². The van der Waals surface area contributed by atoms with Gasteiger partial charge in [-0.15, -0.1) is 0 Å². The third-order valence-electron chi connectivity index (χ3n) is 4.83. The summed E-state index contributed by atoms with van der Waals surface area (Å²) < 4.78 is 0. The van der Waals surface area contributed by atoms with Gasteiger partial charge in [0.2, 0.25) is 5.91 Å². The van der Waals surface area contributed by atoms with Crippen molar-refractivity contribution < 1.29 is 4.79 Å². The molecular weight excluding hydrogens is 226 g/mol. The minimum Gasteiger partial charge on any atom is -0.339 e. The zero-order valence-corrected chi connectivity index (χ0v) is 11.2. The molecule has 1 N–H and O–H groups in total. The second-order valence-corrected chi connectivity index (χ2v) is 5.95. The Morgan fingerprint density at radius 3 is 2.28 bits per heavy atom. The van der Waals surface area contributed by atoms with E-state index in [0.29, 0.717) is 5.91 Å². The highest BCUT2D eigenvalue weighted by Gasteiger charge is 2.31. The Morgan fingerprint density at radius 1 is 0.944 bits per heavy atom. The van der Waals surface area contributed by atoms with Crippen LogP contribution >= 0.6 is 0 Å². The summed E-state index contributed by atoms with van der Waals surface area (Å²) in [5.74, 6) is 0.346. The minimum absolute atomic E-state index is 0.114. The zero-order valence-electron chi connectivity index (χ0n) is 11.2. The number of piperazine rings is 1. The smallest absolute Gasteiger partial charge is 0.239 e. The van der Waals surface area contributed by atoms with E-state index < -0.39 is 0 Å². The van der Waals surface area contributed by atoms with Gasteiger partial charge in [-0.2, -0.15) is 0 Å². The molecule has 0 aromatic rings. The van der Waals surface area contributed by atoms with Gasteiger partial charge in [0, 0.05) is 32.2 Å². The Labute approximate surface area is 110 Å². The molecule has 0 spiro atoms. The number of amides is 1. The maximum absolute atomic E-state index is 12.3. The lowest BCUT2D eigenvalue weighted by atomic mass is 10.1. The maximum atomic E-state index is 12.3. The van der Waals surface area contributed by atoms with E-state index in [9.17, 15) is 4.79 Å². The van der Waals surface area contributed by atoms with Crippen molar-refractivity contribution in [2.75, 3.05) is 32.7 Å². The number of carbonyl (C=O) groups is 1. The molecule has 0 aromatic heterocycles. The van der Waals surface area contributed by atoms with Gasteiger partial charge in [0.05, 0.1) is 6.04 Å². The summed E-state index contributed by atoms with van der Waals surface area (Å²) in [6, 6.07) is 0.926. The second-order valence-electron chi connectivity index (χ2n) is 5.95. The zero-order chi connectivity index (χ0) is 12.4. The molecule has 18 heavy (non-hydrogen) atoms. The normalized spacial score (nSPS) is 31.1. The summed E-state index contributed by atoms with van der Waals surface area (Å²) in [5, 5.41) is 3.32. The Hall–Kier alpha value is -0.610. The van der Waals surface area contributed by atoms with Crippen LogP contribution in [0.15, 0.2) is 0 Å². The van der Waals surface area contributed by atoms with Gasteiger partial charge in [0.1, 0.15) is 0 Å². The van der Waals surface area contributed by atoms with Crippen LogP contribution < -0.4 is 5.32 Å². The van der Waals surface area contributed by atoms with E-state index in [1.807, 2.05) is 0 Å². The Kier molecular flexibility index (Phi) is 3.85. The predicted molar refractivity (Wildman–Crippen MR) is 71.4 cm³/mol. The predicted octanol–water partition coefficient (Wildman–Crippen LogP) is 0.825. The molecule has 1 atom stereocenters. The Balaban J connectivity index is 1.48. The van der Waals surface area contributed by atoms with Gasteiger partial charge >= 0.3 is 0 Å². The fourth-order valence-electron chi connectivity index (χ4n) is 3.69. The monoisotopic (exact) mass is 251 g/mol. The van der Waals surface area contributed by atoms with Gasteiger partial charge in [0.15, 0.2) is 0 Å². The van der Waals surface area contributed by atoms with Crippen LogP contribution in [0, 0.1) is 0 Å². The molecule has 102 valence electrons. The van der Waals surface area contributed by atoms with Crippen molar-refractivity contribution in [3.8, 4) is 0 Å². The summed E-state index contributed by atoms with van der Waals surface area (Å²) in [6.07, 6.45) is 7.72. The summed E-state index contributed by atoms with van der Waals surface area (Å²) in [6.45, 7) is 5.06. The van der Waals surface area contributed by atoms with E-state index >= 15 is 0 Å². The van der Waals surface area contributed by atoms with Crippen LogP contribution in [0.25, 0.3) is 0 Å². The average Bonchev–Trinajstić information content (AvgIpc) is 3.11. The molecule has 2 heterocycles. The lowest BCUT2D eigenvalue weighted by Gasteiger charge is -2.38. The van der Waals surface area contributed by atoms with Crippen LogP contribution in [0.4, 0.5) is 0 Å². The molecule has 1 amide bonds. The molecule has 1 aliphatic carbocycles. The molecule has 3 aliphatic rings. The molecule has 3 fully saturated rings. The van der Waals surface area contributed by atoms with Crippen molar-refractivity contribution in [3.63, 3.8) is 0 Å². The number of nitrogens with zero attached hydrogens (tertiary/aromatic N) is 2. The number of hydrogen-bond acceptors (Lipinski definition) is 3. The summed E-state index contributed by atoms with van der Waals surface area (Å²) in [4.78, 5) is 17.0. The molecule has 0 aromatic carbocycles.